The van der Waals surface area contributed by atoms with Gasteiger partial charge in [-0.05, 0) is 34.9 Å². The van der Waals surface area contributed by atoms with Gasteiger partial charge in [0, 0.05) is 11.9 Å². The number of benzene rings is 3. The molecule has 4 aromatic rings. The number of hydrogen-bond acceptors (Lipinski definition) is 3. The molecule has 0 aliphatic rings. The van der Waals surface area contributed by atoms with E-state index in [0.29, 0.717) is 11.3 Å². The van der Waals surface area contributed by atoms with Gasteiger partial charge in [-0.1, -0.05) is 72.4 Å². The molecule has 0 radical (unpaired) electrons. The fourth-order valence-corrected chi connectivity index (χ4v) is 4.39. The van der Waals surface area contributed by atoms with Crippen LogP contribution in [0.1, 0.15) is 27.2 Å². The molecule has 1 aromatic heterocycles. The quantitative estimate of drug-likeness (QED) is 0.450. The van der Waals surface area contributed by atoms with E-state index in [0.717, 1.165) is 23.0 Å². The fraction of sp³-hybridized carbons (Fsp3) is 0.130. The molecule has 0 aliphatic heterocycles. The van der Waals surface area contributed by atoms with Crippen molar-refractivity contribution in [2.75, 3.05) is 0 Å². The molecule has 28 heavy (non-hydrogen) atoms. The highest BCUT2D eigenvalue weighted by atomic mass is 32.2. The SMILES string of the molecule is Cc1cn(Cc2cccc3ccccc23)c(SCc2ccccc2C(=O)O)n1. The summed E-state index contributed by atoms with van der Waals surface area (Å²) in [5.74, 6) is -0.333. The predicted octanol–water partition coefficient (Wildman–Crippen LogP) is 5.38. The number of hydrogen-bond donors (Lipinski definition) is 1. The zero-order valence-corrected chi connectivity index (χ0v) is 16.3. The standard InChI is InChI=1S/C23H20N2O2S/c1-16-13-25(14-18-10-6-9-17-7-2-4-11-20(17)18)23(24-16)28-15-19-8-3-5-12-21(19)22(26)27/h2-13H,14-15H2,1H3,(H,26,27). The van der Waals surface area contributed by atoms with Crippen molar-refractivity contribution in [3.8, 4) is 0 Å². The lowest BCUT2D eigenvalue weighted by molar-refractivity contribution is 0.0696. The molecule has 1 N–H and O–H groups in total. The van der Waals surface area contributed by atoms with Crippen molar-refractivity contribution in [2.45, 2.75) is 24.4 Å². The average molecular weight is 388 g/mol. The predicted molar refractivity (Wildman–Crippen MR) is 113 cm³/mol. The molecule has 3 aromatic carbocycles. The topological polar surface area (TPSA) is 55.1 Å². The van der Waals surface area contributed by atoms with E-state index in [1.807, 2.05) is 25.3 Å². The third kappa shape index (κ3) is 3.80. The number of rotatable bonds is 6. The lowest BCUT2D eigenvalue weighted by Gasteiger charge is -2.11. The van der Waals surface area contributed by atoms with Crippen LogP contribution in [-0.2, 0) is 12.3 Å². The van der Waals surface area contributed by atoms with Gasteiger partial charge in [-0.3, -0.25) is 0 Å². The Morgan fingerprint density at radius 1 is 1.00 bits per heavy atom. The first kappa shape index (κ1) is 18.3. The maximum absolute atomic E-state index is 11.4. The number of thioether (sulfide) groups is 1. The number of aromatic nitrogens is 2. The van der Waals surface area contributed by atoms with Crippen LogP contribution in [0.15, 0.2) is 78.1 Å². The summed E-state index contributed by atoms with van der Waals surface area (Å²) >= 11 is 1.57. The number of imidazole rings is 1. The van der Waals surface area contributed by atoms with Gasteiger partial charge in [0.05, 0.1) is 17.8 Å². The van der Waals surface area contributed by atoms with Crippen molar-refractivity contribution >= 4 is 28.5 Å². The minimum atomic E-state index is -0.897. The second-order valence-corrected chi connectivity index (χ2v) is 7.62. The van der Waals surface area contributed by atoms with E-state index >= 15 is 0 Å². The summed E-state index contributed by atoms with van der Waals surface area (Å²) < 4.78 is 2.14. The summed E-state index contributed by atoms with van der Waals surface area (Å²) in [7, 11) is 0. The van der Waals surface area contributed by atoms with Crippen LogP contribution in [0.2, 0.25) is 0 Å². The highest BCUT2D eigenvalue weighted by Gasteiger charge is 2.13. The van der Waals surface area contributed by atoms with Crippen molar-refractivity contribution in [3.63, 3.8) is 0 Å². The van der Waals surface area contributed by atoms with E-state index < -0.39 is 5.97 Å². The monoisotopic (exact) mass is 388 g/mol. The van der Waals surface area contributed by atoms with Gasteiger partial charge in [0.25, 0.3) is 0 Å². The minimum absolute atomic E-state index is 0.346. The Labute approximate surface area is 167 Å². The first-order valence-electron chi connectivity index (χ1n) is 9.06. The van der Waals surface area contributed by atoms with E-state index in [2.05, 4.69) is 52.0 Å². The third-order valence-electron chi connectivity index (χ3n) is 4.69. The third-order valence-corrected chi connectivity index (χ3v) is 5.72. The van der Waals surface area contributed by atoms with Gasteiger partial charge in [0.15, 0.2) is 5.16 Å². The highest BCUT2D eigenvalue weighted by Crippen LogP contribution is 2.26. The largest absolute Gasteiger partial charge is 0.478 e. The molecule has 0 unspecified atom stereocenters. The van der Waals surface area contributed by atoms with Gasteiger partial charge >= 0.3 is 5.97 Å². The highest BCUT2D eigenvalue weighted by molar-refractivity contribution is 7.98. The smallest absolute Gasteiger partial charge is 0.335 e. The molecule has 0 atom stereocenters. The lowest BCUT2D eigenvalue weighted by atomic mass is 10.0. The number of carbonyl (C=O) groups is 1. The molecule has 0 saturated carbocycles. The van der Waals surface area contributed by atoms with Crippen molar-refractivity contribution in [1.29, 1.82) is 0 Å². The van der Waals surface area contributed by atoms with Crippen LogP contribution in [0.4, 0.5) is 0 Å². The summed E-state index contributed by atoms with van der Waals surface area (Å²) in [6.45, 7) is 2.71. The summed E-state index contributed by atoms with van der Waals surface area (Å²) in [6, 6.07) is 21.9. The molecule has 0 aliphatic carbocycles. The van der Waals surface area contributed by atoms with Gasteiger partial charge in [-0.15, -0.1) is 0 Å². The van der Waals surface area contributed by atoms with E-state index in [1.165, 1.54) is 16.3 Å². The van der Waals surface area contributed by atoms with Crippen LogP contribution >= 0.6 is 11.8 Å². The van der Waals surface area contributed by atoms with Crippen molar-refractivity contribution < 1.29 is 9.90 Å². The Kier molecular flexibility index (Phi) is 5.17. The first-order chi connectivity index (χ1) is 13.6. The van der Waals surface area contributed by atoms with Gasteiger partial charge in [0.2, 0.25) is 0 Å². The van der Waals surface area contributed by atoms with Crippen LogP contribution in [0.5, 0.6) is 0 Å². The Bertz CT molecular complexity index is 1150. The maximum Gasteiger partial charge on any atom is 0.335 e. The molecule has 140 valence electrons. The Balaban J connectivity index is 1.60. The zero-order valence-electron chi connectivity index (χ0n) is 15.5. The molecule has 5 heteroatoms. The molecule has 0 fully saturated rings. The molecule has 0 spiro atoms. The van der Waals surface area contributed by atoms with Gasteiger partial charge in [-0.2, -0.15) is 0 Å². The van der Waals surface area contributed by atoms with Crippen LogP contribution in [0.3, 0.4) is 0 Å². The number of fused-ring (bicyclic) bond motifs is 1. The second kappa shape index (κ2) is 7.90. The van der Waals surface area contributed by atoms with Crippen molar-refractivity contribution in [1.82, 2.24) is 9.55 Å². The number of nitrogens with zero attached hydrogens (tertiary/aromatic N) is 2. The molecular weight excluding hydrogens is 368 g/mol. The maximum atomic E-state index is 11.4. The summed E-state index contributed by atoms with van der Waals surface area (Å²) in [4.78, 5) is 16.1. The van der Waals surface area contributed by atoms with Gasteiger partial charge in [0.1, 0.15) is 0 Å². The van der Waals surface area contributed by atoms with Crippen LogP contribution in [0, 0.1) is 6.92 Å². The molecule has 0 amide bonds. The Morgan fingerprint density at radius 2 is 1.71 bits per heavy atom. The van der Waals surface area contributed by atoms with E-state index in [9.17, 15) is 9.90 Å². The molecular formula is C23H20N2O2S. The number of aromatic carboxylic acids is 1. The van der Waals surface area contributed by atoms with Crippen LogP contribution in [-0.4, -0.2) is 20.6 Å². The first-order valence-corrected chi connectivity index (χ1v) is 10.0. The second-order valence-electron chi connectivity index (χ2n) is 6.68. The lowest BCUT2D eigenvalue weighted by Crippen LogP contribution is -2.03. The Hall–Kier alpha value is -3.05. The van der Waals surface area contributed by atoms with Crippen molar-refractivity contribution in [3.05, 3.63) is 95.3 Å². The number of carboxylic acids is 1. The summed E-state index contributed by atoms with van der Waals surface area (Å²) in [5, 5.41) is 12.7. The number of aryl methyl sites for hydroxylation is 1. The normalized spacial score (nSPS) is 11.0. The van der Waals surface area contributed by atoms with Gasteiger partial charge in [-0.25, -0.2) is 9.78 Å². The Morgan fingerprint density at radius 3 is 2.57 bits per heavy atom. The fourth-order valence-electron chi connectivity index (χ4n) is 3.36. The van der Waals surface area contributed by atoms with Gasteiger partial charge < -0.3 is 9.67 Å². The summed E-state index contributed by atoms with van der Waals surface area (Å²) in [6.07, 6.45) is 2.05. The van der Waals surface area contributed by atoms with Crippen molar-refractivity contribution in [2.24, 2.45) is 0 Å². The molecule has 0 bridgehead atoms. The van der Waals surface area contributed by atoms with E-state index in [4.69, 9.17) is 0 Å². The van der Waals surface area contributed by atoms with Crippen LogP contribution < -0.4 is 0 Å². The van der Waals surface area contributed by atoms with E-state index in [1.54, 1.807) is 23.9 Å². The van der Waals surface area contributed by atoms with E-state index in [-0.39, 0.29) is 0 Å². The minimum Gasteiger partial charge on any atom is -0.478 e. The molecule has 1 heterocycles. The summed E-state index contributed by atoms with van der Waals surface area (Å²) in [5.41, 5.74) is 3.34. The zero-order chi connectivity index (χ0) is 19.5. The van der Waals surface area contributed by atoms with Crippen LogP contribution in [0.25, 0.3) is 10.8 Å². The molecule has 0 saturated heterocycles. The molecule has 4 nitrogen and oxygen atoms in total. The number of carboxylic acid groups (broad SMARTS) is 1. The average Bonchev–Trinajstić information content (AvgIpc) is 3.06. The molecule has 4 rings (SSSR count).